The highest BCUT2D eigenvalue weighted by atomic mass is 16.3. The van der Waals surface area contributed by atoms with E-state index >= 15 is 0 Å². The van der Waals surface area contributed by atoms with Crippen molar-refractivity contribution < 1.29 is 4.42 Å². The van der Waals surface area contributed by atoms with E-state index in [2.05, 4.69) is 91.0 Å². The number of aromatic nitrogens is 3. The highest BCUT2D eigenvalue weighted by Crippen LogP contribution is 2.41. The molecule has 0 N–H and O–H groups in total. The minimum absolute atomic E-state index is 0.616. The highest BCUT2D eigenvalue weighted by Gasteiger charge is 2.18. The van der Waals surface area contributed by atoms with Crippen LogP contribution in [-0.2, 0) is 0 Å². The van der Waals surface area contributed by atoms with Crippen molar-refractivity contribution in [3.63, 3.8) is 0 Å². The van der Waals surface area contributed by atoms with Crippen LogP contribution in [0.2, 0.25) is 0 Å². The van der Waals surface area contributed by atoms with Crippen LogP contribution in [0.25, 0.3) is 89.1 Å². The lowest BCUT2D eigenvalue weighted by molar-refractivity contribution is 0.672. The molecule has 9 rings (SSSR count). The predicted molar refractivity (Wildman–Crippen MR) is 192 cm³/mol. The number of rotatable bonds is 5. The number of hydrogen-bond acceptors (Lipinski definition) is 4. The molecule has 0 saturated heterocycles. The second-order valence-corrected chi connectivity index (χ2v) is 11.6. The van der Waals surface area contributed by atoms with Gasteiger partial charge in [0, 0.05) is 32.8 Å². The van der Waals surface area contributed by atoms with E-state index in [1.54, 1.807) is 0 Å². The number of fused-ring (bicyclic) bond motifs is 5. The van der Waals surface area contributed by atoms with E-state index in [0.29, 0.717) is 17.5 Å². The number of furan rings is 1. The first kappa shape index (κ1) is 27.0. The Labute approximate surface area is 271 Å². The van der Waals surface area contributed by atoms with Crippen molar-refractivity contribution in [3.05, 3.63) is 164 Å². The van der Waals surface area contributed by atoms with Gasteiger partial charge in [-0.1, -0.05) is 133 Å². The molecule has 0 fully saturated rings. The molecule has 9 aromatic rings. The maximum Gasteiger partial charge on any atom is 0.164 e. The molecular formula is C43H27N3O. The third kappa shape index (κ3) is 4.84. The summed E-state index contributed by atoms with van der Waals surface area (Å²) in [5, 5.41) is 4.32. The predicted octanol–water partition coefficient (Wildman–Crippen LogP) is 11.3. The quantitative estimate of drug-likeness (QED) is 0.197. The summed E-state index contributed by atoms with van der Waals surface area (Å²) in [6, 6.07) is 56.4. The first-order valence-electron chi connectivity index (χ1n) is 15.7. The molecule has 220 valence electrons. The molecule has 7 aromatic carbocycles. The number of benzene rings is 7. The average Bonchev–Trinajstić information content (AvgIpc) is 3.53. The van der Waals surface area contributed by atoms with Gasteiger partial charge in [0.05, 0.1) is 0 Å². The van der Waals surface area contributed by atoms with Crippen LogP contribution in [0.15, 0.2) is 168 Å². The van der Waals surface area contributed by atoms with E-state index in [0.717, 1.165) is 60.5 Å². The second-order valence-electron chi connectivity index (χ2n) is 11.6. The monoisotopic (exact) mass is 601 g/mol. The first-order valence-corrected chi connectivity index (χ1v) is 15.7. The molecule has 2 aromatic heterocycles. The van der Waals surface area contributed by atoms with Crippen molar-refractivity contribution in [1.82, 2.24) is 15.0 Å². The zero-order chi connectivity index (χ0) is 31.2. The summed E-state index contributed by atoms with van der Waals surface area (Å²) >= 11 is 0. The average molecular weight is 602 g/mol. The van der Waals surface area contributed by atoms with Crippen LogP contribution < -0.4 is 0 Å². The Bertz CT molecular complexity index is 2500. The second kappa shape index (κ2) is 11.2. The zero-order valence-electron chi connectivity index (χ0n) is 25.3. The third-order valence-corrected chi connectivity index (χ3v) is 8.72. The summed E-state index contributed by atoms with van der Waals surface area (Å²) in [5.41, 5.74) is 9.19. The van der Waals surface area contributed by atoms with Crippen molar-refractivity contribution in [1.29, 1.82) is 0 Å². The fourth-order valence-electron chi connectivity index (χ4n) is 6.41. The molecule has 4 nitrogen and oxygen atoms in total. The van der Waals surface area contributed by atoms with Crippen molar-refractivity contribution in [3.8, 4) is 56.4 Å². The molecule has 47 heavy (non-hydrogen) atoms. The molecule has 2 heterocycles. The Morgan fingerprint density at radius 2 is 0.851 bits per heavy atom. The van der Waals surface area contributed by atoms with Crippen LogP contribution in [0, 0.1) is 0 Å². The van der Waals surface area contributed by atoms with Gasteiger partial charge in [0.15, 0.2) is 17.5 Å². The summed E-state index contributed by atoms with van der Waals surface area (Å²) in [6.45, 7) is 0. The Morgan fingerprint density at radius 3 is 1.51 bits per heavy atom. The lowest BCUT2D eigenvalue weighted by Crippen LogP contribution is -2.00. The summed E-state index contributed by atoms with van der Waals surface area (Å²) in [5.74, 6) is 1.89. The van der Waals surface area contributed by atoms with Crippen LogP contribution in [-0.4, -0.2) is 15.0 Å². The van der Waals surface area contributed by atoms with Crippen LogP contribution in [0.4, 0.5) is 0 Å². The van der Waals surface area contributed by atoms with E-state index in [1.165, 1.54) is 11.1 Å². The molecule has 0 amide bonds. The molecule has 4 heteroatoms. The van der Waals surface area contributed by atoms with Gasteiger partial charge in [-0.05, 0) is 58.0 Å². The standard InChI is InChI=1S/C43H27N3O/c1-4-13-28(14-5-1)31-19-12-20-32(25-31)36-27-38-37-26-33(23-24-39(37)47-40(38)35-22-11-10-21-34(35)36)43-45-41(29-15-6-2-7-16-29)44-42(46-43)30-17-8-3-9-18-30/h1-27H. The van der Waals surface area contributed by atoms with Gasteiger partial charge < -0.3 is 4.42 Å². The lowest BCUT2D eigenvalue weighted by Gasteiger charge is -2.10. The first-order chi connectivity index (χ1) is 23.3. The Kier molecular flexibility index (Phi) is 6.43. The molecule has 0 unspecified atom stereocenters. The Morgan fingerprint density at radius 1 is 0.319 bits per heavy atom. The van der Waals surface area contributed by atoms with E-state index < -0.39 is 0 Å². The van der Waals surface area contributed by atoms with Crippen LogP contribution in [0.5, 0.6) is 0 Å². The number of nitrogens with zero attached hydrogens (tertiary/aromatic N) is 3. The summed E-state index contributed by atoms with van der Waals surface area (Å²) in [7, 11) is 0. The minimum atomic E-state index is 0.616. The SMILES string of the molecule is c1ccc(-c2cccc(-c3cc4c5cc(-c6nc(-c7ccccc7)nc(-c7ccccc7)n6)ccc5oc4c4ccccc34)c2)cc1. The zero-order valence-corrected chi connectivity index (χ0v) is 25.3. The van der Waals surface area contributed by atoms with E-state index in [4.69, 9.17) is 19.4 Å². The van der Waals surface area contributed by atoms with Gasteiger partial charge >= 0.3 is 0 Å². The largest absolute Gasteiger partial charge is 0.455 e. The molecule has 0 aliphatic rings. The lowest BCUT2D eigenvalue weighted by atomic mass is 9.93. The molecule has 0 bridgehead atoms. The molecule has 0 spiro atoms. The van der Waals surface area contributed by atoms with Crippen LogP contribution >= 0.6 is 0 Å². The van der Waals surface area contributed by atoms with Crippen LogP contribution in [0.1, 0.15) is 0 Å². The Balaban J connectivity index is 1.25. The molecule has 0 saturated carbocycles. The Hall–Kier alpha value is -6.39. The van der Waals surface area contributed by atoms with Gasteiger partial charge in [-0.25, -0.2) is 15.0 Å². The normalized spacial score (nSPS) is 11.4. The molecule has 0 radical (unpaired) electrons. The summed E-state index contributed by atoms with van der Waals surface area (Å²) < 4.78 is 6.57. The topological polar surface area (TPSA) is 51.8 Å². The van der Waals surface area contributed by atoms with Gasteiger partial charge in [-0.3, -0.25) is 0 Å². The molecule has 0 aliphatic carbocycles. The van der Waals surface area contributed by atoms with Gasteiger partial charge in [0.25, 0.3) is 0 Å². The summed E-state index contributed by atoms with van der Waals surface area (Å²) in [4.78, 5) is 14.8. The van der Waals surface area contributed by atoms with Crippen LogP contribution in [0.3, 0.4) is 0 Å². The van der Waals surface area contributed by atoms with Crippen molar-refractivity contribution in [2.45, 2.75) is 0 Å². The van der Waals surface area contributed by atoms with E-state index in [1.807, 2.05) is 72.8 Å². The molecule has 0 atom stereocenters. The van der Waals surface area contributed by atoms with Gasteiger partial charge in [-0.15, -0.1) is 0 Å². The minimum Gasteiger partial charge on any atom is -0.455 e. The van der Waals surface area contributed by atoms with E-state index in [9.17, 15) is 0 Å². The number of hydrogen-bond donors (Lipinski definition) is 0. The van der Waals surface area contributed by atoms with E-state index in [-0.39, 0.29) is 0 Å². The van der Waals surface area contributed by atoms with Gasteiger partial charge in [0.1, 0.15) is 11.2 Å². The smallest absolute Gasteiger partial charge is 0.164 e. The van der Waals surface area contributed by atoms with Crippen molar-refractivity contribution >= 4 is 32.7 Å². The fraction of sp³-hybridized carbons (Fsp3) is 0. The van der Waals surface area contributed by atoms with Gasteiger partial charge in [0.2, 0.25) is 0 Å². The maximum atomic E-state index is 6.57. The highest BCUT2D eigenvalue weighted by molar-refractivity contribution is 6.19. The van der Waals surface area contributed by atoms with Crippen molar-refractivity contribution in [2.75, 3.05) is 0 Å². The fourth-order valence-corrected chi connectivity index (χ4v) is 6.41. The third-order valence-electron chi connectivity index (χ3n) is 8.72. The maximum absolute atomic E-state index is 6.57. The molecular weight excluding hydrogens is 574 g/mol. The van der Waals surface area contributed by atoms with Gasteiger partial charge in [-0.2, -0.15) is 0 Å². The van der Waals surface area contributed by atoms with Crippen molar-refractivity contribution in [2.24, 2.45) is 0 Å². The molecule has 0 aliphatic heterocycles. The summed E-state index contributed by atoms with van der Waals surface area (Å²) in [6.07, 6.45) is 0.